The third-order valence-electron chi connectivity index (χ3n) is 14.3. The Morgan fingerprint density at radius 3 is 1.49 bits per heavy atom. The molecule has 0 fully saturated rings. The summed E-state index contributed by atoms with van der Waals surface area (Å²) in [4.78, 5) is 87.4. The molecule has 94 heavy (non-hydrogen) atoms. The summed E-state index contributed by atoms with van der Waals surface area (Å²) < 4.78 is 91.2. The molecule has 0 saturated carbocycles. The molecule has 9 aromatic rings. The molecule has 4 amide bonds. The predicted octanol–water partition coefficient (Wildman–Crippen LogP) is 10.8. The molecule has 0 bridgehead atoms. The molecule has 0 unspecified atom stereocenters. The zero-order chi connectivity index (χ0) is 67.2. The van der Waals surface area contributed by atoms with E-state index in [0.29, 0.717) is 44.9 Å². The summed E-state index contributed by atoms with van der Waals surface area (Å²) >= 11 is 0. The molecular weight excluding hydrogens is 1240 g/mol. The van der Waals surface area contributed by atoms with Crippen molar-refractivity contribution in [1.82, 2.24) is 45.0 Å². The van der Waals surface area contributed by atoms with E-state index in [4.69, 9.17) is 20.3 Å². The van der Waals surface area contributed by atoms with Gasteiger partial charge in [-0.3, -0.25) is 45.8 Å². The van der Waals surface area contributed by atoms with Crippen LogP contribution in [0.5, 0.6) is 0 Å². The lowest BCUT2D eigenvalue weighted by Crippen LogP contribution is -2.30. The normalized spacial score (nSPS) is 12.3. The first-order valence-electron chi connectivity index (χ1n) is 28.1. The molecule has 482 valence electrons. The predicted molar refractivity (Wildman–Crippen MR) is 326 cm³/mol. The smallest absolute Gasteiger partial charge is 0.323 e. The first-order chi connectivity index (χ1) is 45.2. The Morgan fingerprint density at radius 2 is 1.01 bits per heavy atom. The fraction of sp³-hybridized carbons (Fsp3) is 0.190. The number of aliphatic imine (C=N–C) groups is 1. The molecule has 31 heteroatoms. The number of hydrogen-bond donors (Lipinski definition) is 5. The van der Waals surface area contributed by atoms with E-state index in [2.05, 4.69) is 56.9 Å². The van der Waals surface area contributed by atoms with Gasteiger partial charge in [-0.05, 0) is 112 Å². The number of pyridine rings is 6. The minimum atomic E-state index is -0.882. The van der Waals surface area contributed by atoms with Gasteiger partial charge in [0.05, 0.1) is 57.2 Å². The topological polar surface area (TPSA) is 334 Å². The number of ether oxygens (including phenoxy) is 2. The van der Waals surface area contributed by atoms with E-state index in [1.54, 1.807) is 31.5 Å². The second-order valence-electron chi connectivity index (χ2n) is 20.7. The molecule has 12 rings (SSSR count). The Hall–Kier alpha value is -11.5. The molecular formula is C63H53F6N15O10. The molecule has 3 aliphatic heterocycles. The van der Waals surface area contributed by atoms with Crippen LogP contribution in [0.1, 0.15) is 50.5 Å². The largest absolute Gasteiger partial charge is 0.396 e. The van der Waals surface area contributed by atoms with Crippen LogP contribution in [0.25, 0.3) is 33.8 Å². The van der Waals surface area contributed by atoms with Gasteiger partial charge in [-0.15, -0.1) is 4.99 Å². The van der Waals surface area contributed by atoms with Gasteiger partial charge in [0.1, 0.15) is 34.9 Å². The number of nitrogen functional groups attached to an aromatic ring is 1. The number of nitrogens with two attached hydrogens (primary N) is 1. The summed E-state index contributed by atoms with van der Waals surface area (Å²) in [5.74, 6) is -5.45. The monoisotopic (exact) mass is 1290 g/mol. The van der Waals surface area contributed by atoms with Gasteiger partial charge in [-0.25, -0.2) is 55.7 Å². The van der Waals surface area contributed by atoms with Crippen molar-refractivity contribution in [1.29, 1.82) is 0 Å². The summed E-state index contributed by atoms with van der Waals surface area (Å²) in [6, 6.07) is 21.3. The van der Waals surface area contributed by atoms with Gasteiger partial charge in [0.2, 0.25) is 17.7 Å². The summed E-state index contributed by atoms with van der Waals surface area (Å²) in [5, 5.41) is 39.2. The van der Waals surface area contributed by atoms with E-state index in [-0.39, 0.29) is 70.8 Å². The number of amides is 4. The number of carbonyl (C=O) groups is 2. The van der Waals surface area contributed by atoms with Crippen LogP contribution < -0.4 is 21.7 Å². The molecule has 0 saturated heterocycles. The quantitative estimate of drug-likeness (QED) is 0.0222. The fourth-order valence-electron chi connectivity index (χ4n) is 9.76. The Bertz CT molecular complexity index is 4420. The lowest BCUT2D eigenvalue weighted by atomic mass is 10.1. The van der Waals surface area contributed by atoms with Crippen LogP contribution in [0.15, 0.2) is 133 Å². The van der Waals surface area contributed by atoms with Crippen LogP contribution in [0, 0.1) is 55.1 Å². The van der Waals surface area contributed by atoms with E-state index >= 15 is 0 Å². The maximum Gasteiger partial charge on any atom is 0.323 e. The minimum Gasteiger partial charge on any atom is -0.396 e. The zero-order valence-corrected chi connectivity index (χ0v) is 49.6. The molecule has 9 heterocycles. The highest BCUT2D eigenvalue weighted by atomic mass is 19.2. The molecule has 3 aliphatic rings. The Balaban J connectivity index is 0.000000155. The van der Waals surface area contributed by atoms with E-state index < -0.39 is 74.0 Å². The first-order valence-corrected chi connectivity index (χ1v) is 28.1. The number of aliphatic hydroxyl groups is 1. The van der Waals surface area contributed by atoms with Gasteiger partial charge in [0, 0.05) is 138 Å². The number of isocyanates is 1. The number of fused-ring (bicyclic) bond motifs is 3. The van der Waals surface area contributed by atoms with Gasteiger partial charge in [-0.1, -0.05) is 0 Å². The SMILES string of the molecule is COCc1cc2c(cn1)CN(C(=O)Nc1nc(-c3ccc(F)cc3F)ccc1N)C2.COCc1cc2c(cn1)CN(C(=O)Nc1nc(-c3ccc(F)cc3F)ccc1[N+](=O)[O-])C2.O=C=Nc1nc(-c2ccc(F)cc2F)ccc1[N+](=O)[O-].OCCc1cc2c(cn1)CNC2. The number of nitrogens with one attached hydrogen (secondary N) is 3. The van der Waals surface area contributed by atoms with Crippen molar-refractivity contribution in [2.75, 3.05) is 37.2 Å². The number of aromatic nitrogens is 6. The number of anilines is 3. The van der Waals surface area contributed by atoms with Crippen molar-refractivity contribution in [3.63, 3.8) is 0 Å². The standard InChI is InChI=1S/C21H17F2N5O4.C21H19F2N5O2.C12H5F2N3O3.C9H12N2O/c1-32-11-15-6-12-9-27(10-13(12)8-24-15)21(29)26-20-19(28(30)31)5-4-18(25-20)16-3-2-14(22)7-17(16)23;1-30-11-15-6-12-9-28(10-13(12)8-25-15)21(29)27-20-18(24)4-5-19(26-20)16-3-2-14(22)7-17(16)23;13-7-1-2-8(9(14)5-7)10-3-4-11(17(19)20)12(16-10)15-6-18;12-2-1-9-3-7-4-10-5-8(7)6-11-9/h2-8H,9-11H2,1H3,(H,25,26,29);2-8H,9-11,24H2,1H3,(H,26,27,29);1-5H;3,6,10,12H,1-2,4-5H2. The van der Waals surface area contributed by atoms with Crippen molar-refractivity contribution in [3.8, 4) is 33.8 Å². The number of methoxy groups -OCH3 is 2. The van der Waals surface area contributed by atoms with Crippen molar-refractivity contribution in [2.45, 2.75) is 58.9 Å². The number of rotatable bonds is 14. The maximum absolute atomic E-state index is 14.1. The zero-order valence-electron chi connectivity index (χ0n) is 49.6. The number of nitro groups is 2. The third kappa shape index (κ3) is 16.5. The van der Waals surface area contributed by atoms with Gasteiger partial charge in [0.15, 0.2) is 5.82 Å². The molecule has 0 spiro atoms. The van der Waals surface area contributed by atoms with E-state index in [9.17, 15) is 61.0 Å². The lowest BCUT2D eigenvalue weighted by Gasteiger charge is -2.17. The van der Waals surface area contributed by atoms with E-state index in [1.165, 1.54) is 52.4 Å². The molecule has 0 radical (unpaired) electrons. The number of nitrogens with zero attached hydrogens (tertiary/aromatic N) is 11. The number of carbonyl (C=O) groups excluding carboxylic acids is 3. The number of urea groups is 2. The fourth-order valence-corrected chi connectivity index (χ4v) is 9.76. The van der Waals surface area contributed by atoms with Gasteiger partial charge in [0.25, 0.3) is 0 Å². The van der Waals surface area contributed by atoms with Gasteiger partial charge in [-0.2, -0.15) is 0 Å². The van der Waals surface area contributed by atoms with Crippen LogP contribution in [0.3, 0.4) is 0 Å². The molecule has 3 aromatic carbocycles. The van der Waals surface area contributed by atoms with Gasteiger partial charge < -0.3 is 35.4 Å². The van der Waals surface area contributed by atoms with Crippen molar-refractivity contribution in [2.24, 2.45) is 4.99 Å². The number of aliphatic hydroxyl groups excluding tert-OH is 1. The van der Waals surface area contributed by atoms with Crippen LogP contribution >= 0.6 is 0 Å². The lowest BCUT2D eigenvalue weighted by molar-refractivity contribution is -0.384. The van der Waals surface area contributed by atoms with Gasteiger partial charge >= 0.3 is 23.4 Å². The third-order valence-corrected chi connectivity index (χ3v) is 14.3. The highest BCUT2D eigenvalue weighted by Crippen LogP contribution is 2.34. The summed E-state index contributed by atoms with van der Waals surface area (Å²) in [6.45, 7) is 4.13. The second kappa shape index (κ2) is 30.5. The number of hydrogen-bond acceptors (Lipinski definition) is 19. The minimum absolute atomic E-state index is 0.0119. The Labute approximate surface area is 529 Å². The highest BCUT2D eigenvalue weighted by Gasteiger charge is 2.29. The first kappa shape index (κ1) is 66.9. The number of benzene rings is 3. The van der Waals surface area contributed by atoms with E-state index in [0.717, 1.165) is 101 Å². The second-order valence-corrected chi connectivity index (χ2v) is 20.7. The van der Waals surface area contributed by atoms with Crippen molar-refractivity contribution < 1.29 is 65.2 Å². The molecule has 25 nitrogen and oxygen atoms in total. The molecule has 0 aliphatic carbocycles. The Kier molecular flexibility index (Phi) is 21.7. The highest BCUT2D eigenvalue weighted by molar-refractivity contribution is 5.93. The summed E-state index contributed by atoms with van der Waals surface area (Å²) in [7, 11) is 3.15. The van der Waals surface area contributed by atoms with Crippen LogP contribution in [0.2, 0.25) is 0 Å². The average Bonchev–Trinajstić information content (AvgIpc) is 1.42. The molecule has 6 N–H and O–H groups in total. The average molecular weight is 1290 g/mol. The van der Waals surface area contributed by atoms with Crippen LogP contribution in [0.4, 0.5) is 70.4 Å². The summed E-state index contributed by atoms with van der Waals surface area (Å²) in [5.41, 5.74) is 14.2. The van der Waals surface area contributed by atoms with Crippen molar-refractivity contribution >= 4 is 52.7 Å². The maximum atomic E-state index is 14.1. The Morgan fingerprint density at radius 1 is 0.585 bits per heavy atom. The van der Waals surface area contributed by atoms with Crippen molar-refractivity contribution in [3.05, 3.63) is 233 Å². The van der Waals surface area contributed by atoms with Crippen LogP contribution in [-0.4, -0.2) is 93.6 Å². The summed E-state index contributed by atoms with van der Waals surface area (Å²) in [6.07, 6.45) is 7.10. The molecule has 6 aromatic heterocycles. The van der Waals surface area contributed by atoms with E-state index in [1.807, 2.05) is 18.3 Å². The molecule has 0 atom stereocenters. The van der Waals surface area contributed by atoms with Crippen LogP contribution in [-0.2, 0) is 73.2 Å². The number of halogens is 6.